The summed E-state index contributed by atoms with van der Waals surface area (Å²) < 4.78 is 0. The third kappa shape index (κ3) is 2.55. The molecule has 0 bridgehead atoms. The molecule has 1 heterocycles. The molecule has 0 saturated heterocycles. The Morgan fingerprint density at radius 3 is 2.13 bits per heavy atom. The van der Waals surface area contributed by atoms with Crippen LogP contribution in [0.5, 0.6) is 0 Å². The number of hydrogen-bond donors (Lipinski definition) is 0. The van der Waals surface area contributed by atoms with Crippen molar-refractivity contribution in [2.75, 3.05) is 6.54 Å². The van der Waals surface area contributed by atoms with Crippen molar-refractivity contribution in [3.8, 4) is 0 Å². The standard InChI is InChI=1S/C9H11N3O3/c1-5(13)8-4-12(7(3)15)11-9(10-8)6(2)14/h4H2,1-3H3. The van der Waals surface area contributed by atoms with Crippen molar-refractivity contribution < 1.29 is 14.4 Å². The minimum atomic E-state index is -0.375. The number of hydrogen-bond acceptors (Lipinski definition) is 5. The molecule has 0 unspecified atom stereocenters. The van der Waals surface area contributed by atoms with Crippen LogP contribution in [-0.2, 0) is 14.4 Å². The summed E-state index contributed by atoms with van der Waals surface area (Å²) in [5.41, 5.74) is 0.172. The molecule has 0 atom stereocenters. The average Bonchev–Trinajstić information content (AvgIpc) is 2.16. The quantitative estimate of drug-likeness (QED) is 0.630. The van der Waals surface area contributed by atoms with E-state index < -0.39 is 0 Å². The Balaban J connectivity index is 3.07. The van der Waals surface area contributed by atoms with Crippen LogP contribution in [-0.4, -0.2) is 40.6 Å². The lowest BCUT2D eigenvalue weighted by Gasteiger charge is -2.19. The largest absolute Gasteiger partial charge is 0.293 e. The highest BCUT2D eigenvalue weighted by atomic mass is 16.2. The van der Waals surface area contributed by atoms with Crippen LogP contribution in [0.1, 0.15) is 20.8 Å². The fraction of sp³-hybridized carbons (Fsp3) is 0.444. The van der Waals surface area contributed by atoms with Gasteiger partial charge in [-0.05, 0) is 0 Å². The molecule has 1 aliphatic heterocycles. The molecule has 0 aliphatic carbocycles. The Bertz CT molecular complexity index is 395. The van der Waals surface area contributed by atoms with Gasteiger partial charge < -0.3 is 0 Å². The summed E-state index contributed by atoms with van der Waals surface area (Å²) in [4.78, 5) is 37.0. The SMILES string of the molecule is CC(=O)C1=NC(C(C)=O)=NN(C(C)=O)C1. The van der Waals surface area contributed by atoms with Crippen molar-refractivity contribution in [2.24, 2.45) is 10.1 Å². The van der Waals surface area contributed by atoms with Gasteiger partial charge in [0.25, 0.3) is 0 Å². The highest BCUT2D eigenvalue weighted by Crippen LogP contribution is 2.03. The van der Waals surface area contributed by atoms with Crippen LogP contribution in [0.4, 0.5) is 0 Å². The molecule has 6 heteroatoms. The zero-order chi connectivity index (χ0) is 11.6. The highest BCUT2D eigenvalue weighted by Gasteiger charge is 2.22. The van der Waals surface area contributed by atoms with E-state index in [2.05, 4.69) is 10.1 Å². The minimum Gasteiger partial charge on any atom is -0.293 e. The van der Waals surface area contributed by atoms with E-state index in [1.165, 1.54) is 20.8 Å². The van der Waals surface area contributed by atoms with Gasteiger partial charge in [-0.3, -0.25) is 14.4 Å². The molecule has 6 nitrogen and oxygen atoms in total. The number of carbonyl (C=O) groups excluding carboxylic acids is 3. The van der Waals surface area contributed by atoms with E-state index in [9.17, 15) is 14.4 Å². The third-order valence-corrected chi connectivity index (χ3v) is 1.84. The summed E-state index contributed by atoms with van der Waals surface area (Å²) in [5, 5.41) is 4.78. The lowest BCUT2D eigenvalue weighted by molar-refractivity contribution is -0.128. The number of rotatable bonds is 2. The summed E-state index contributed by atoms with van der Waals surface area (Å²) >= 11 is 0. The van der Waals surface area contributed by atoms with Gasteiger partial charge in [-0.1, -0.05) is 0 Å². The van der Waals surface area contributed by atoms with Gasteiger partial charge >= 0.3 is 0 Å². The van der Waals surface area contributed by atoms with E-state index in [0.29, 0.717) is 0 Å². The second kappa shape index (κ2) is 4.12. The zero-order valence-corrected chi connectivity index (χ0v) is 8.77. The molecule has 0 radical (unpaired) electrons. The van der Waals surface area contributed by atoms with Crippen LogP contribution in [0.2, 0.25) is 0 Å². The molecule has 1 aliphatic rings. The number of amidine groups is 1. The lowest BCUT2D eigenvalue weighted by atomic mass is 10.2. The molecule has 0 N–H and O–H groups in total. The first-order chi connectivity index (χ1) is 6.91. The molecule has 1 rings (SSSR count). The molecule has 0 saturated carbocycles. The number of aliphatic imine (C=N–C) groups is 1. The summed E-state index contributed by atoms with van der Waals surface area (Å²) in [6.45, 7) is 3.95. The van der Waals surface area contributed by atoms with E-state index in [0.717, 1.165) is 5.01 Å². The van der Waals surface area contributed by atoms with Crippen molar-refractivity contribution in [3.05, 3.63) is 0 Å². The Hall–Kier alpha value is -1.85. The predicted octanol–water partition coefficient (Wildman–Crippen LogP) is -0.219. The molecule has 0 spiro atoms. The number of carbonyl (C=O) groups is 3. The first-order valence-corrected chi connectivity index (χ1v) is 4.38. The van der Waals surface area contributed by atoms with Gasteiger partial charge in [0.15, 0.2) is 11.6 Å². The maximum absolute atomic E-state index is 11.1. The molecule has 0 aromatic carbocycles. The van der Waals surface area contributed by atoms with Crippen LogP contribution in [0.15, 0.2) is 10.1 Å². The van der Waals surface area contributed by atoms with Gasteiger partial charge in [0, 0.05) is 20.8 Å². The second-order valence-corrected chi connectivity index (χ2v) is 3.17. The van der Waals surface area contributed by atoms with Crippen molar-refractivity contribution in [1.29, 1.82) is 0 Å². The monoisotopic (exact) mass is 209 g/mol. The summed E-state index contributed by atoms with van der Waals surface area (Å²) in [6, 6.07) is 0. The number of Topliss-reactive ketones (excluding diaryl/α,β-unsaturated/α-hetero) is 2. The summed E-state index contributed by atoms with van der Waals surface area (Å²) in [6.07, 6.45) is 0. The minimum absolute atomic E-state index is 0.0292. The predicted molar refractivity (Wildman–Crippen MR) is 53.6 cm³/mol. The second-order valence-electron chi connectivity index (χ2n) is 3.17. The summed E-state index contributed by atoms with van der Waals surface area (Å²) in [5.74, 6) is -1.08. The van der Waals surface area contributed by atoms with Crippen molar-refractivity contribution in [1.82, 2.24) is 5.01 Å². The maximum atomic E-state index is 11.1. The first kappa shape index (κ1) is 11.2. The van der Waals surface area contributed by atoms with Gasteiger partial charge in [-0.15, -0.1) is 5.10 Å². The van der Waals surface area contributed by atoms with Gasteiger partial charge in [-0.2, -0.15) is 0 Å². The van der Waals surface area contributed by atoms with Gasteiger partial charge in [-0.25, -0.2) is 10.0 Å². The Morgan fingerprint density at radius 1 is 1.13 bits per heavy atom. The van der Waals surface area contributed by atoms with Crippen LogP contribution in [0.25, 0.3) is 0 Å². The van der Waals surface area contributed by atoms with Gasteiger partial charge in [0.1, 0.15) is 5.71 Å². The molecule has 0 aromatic heterocycles. The molecule has 0 aromatic rings. The van der Waals surface area contributed by atoms with Gasteiger partial charge in [0.2, 0.25) is 11.7 Å². The van der Waals surface area contributed by atoms with Crippen molar-refractivity contribution in [3.63, 3.8) is 0 Å². The third-order valence-electron chi connectivity index (χ3n) is 1.84. The zero-order valence-electron chi connectivity index (χ0n) is 8.77. The fourth-order valence-corrected chi connectivity index (χ4v) is 0.998. The molecule has 80 valence electrons. The fourth-order valence-electron chi connectivity index (χ4n) is 0.998. The Labute approximate surface area is 86.7 Å². The number of nitrogens with zero attached hydrogens (tertiary/aromatic N) is 3. The number of ketones is 2. The van der Waals surface area contributed by atoms with Crippen molar-refractivity contribution in [2.45, 2.75) is 20.8 Å². The summed E-state index contributed by atoms with van der Waals surface area (Å²) in [7, 11) is 0. The average molecular weight is 209 g/mol. The van der Waals surface area contributed by atoms with Gasteiger partial charge in [0.05, 0.1) is 6.54 Å². The highest BCUT2D eigenvalue weighted by molar-refractivity contribution is 6.48. The molecule has 1 amide bonds. The topological polar surface area (TPSA) is 79.2 Å². The number of amides is 1. The van der Waals surface area contributed by atoms with E-state index in [1.54, 1.807) is 0 Å². The first-order valence-electron chi connectivity index (χ1n) is 4.38. The van der Waals surface area contributed by atoms with Crippen molar-refractivity contribution >= 4 is 29.0 Å². The Morgan fingerprint density at radius 2 is 1.73 bits per heavy atom. The number of hydrazone groups is 1. The van der Waals surface area contributed by atoms with E-state index >= 15 is 0 Å². The molecule has 15 heavy (non-hydrogen) atoms. The van der Waals surface area contributed by atoms with E-state index in [1.807, 2.05) is 0 Å². The smallest absolute Gasteiger partial charge is 0.239 e. The van der Waals surface area contributed by atoms with Crippen LogP contribution < -0.4 is 0 Å². The van der Waals surface area contributed by atoms with Crippen LogP contribution >= 0.6 is 0 Å². The van der Waals surface area contributed by atoms with Crippen LogP contribution in [0.3, 0.4) is 0 Å². The normalized spacial score (nSPS) is 15.5. The van der Waals surface area contributed by atoms with E-state index in [4.69, 9.17) is 0 Å². The molecular formula is C9H11N3O3. The maximum Gasteiger partial charge on any atom is 0.239 e. The van der Waals surface area contributed by atoms with Crippen LogP contribution in [0, 0.1) is 0 Å². The van der Waals surface area contributed by atoms with E-state index in [-0.39, 0.29) is 35.6 Å². The molecule has 0 fully saturated rings. The lowest BCUT2D eigenvalue weighted by Crippen LogP contribution is -2.38. The Kier molecular flexibility index (Phi) is 3.08. The molecular weight excluding hydrogens is 198 g/mol.